The number of ether oxygens (including phenoxy) is 2. The second-order valence-electron chi connectivity index (χ2n) is 8.08. The van der Waals surface area contributed by atoms with Crippen LogP contribution in [0.1, 0.15) is 18.6 Å². The fourth-order valence-corrected chi connectivity index (χ4v) is 4.08. The normalized spacial score (nSPS) is 11.2. The lowest BCUT2D eigenvalue weighted by Crippen LogP contribution is -2.25. The van der Waals surface area contributed by atoms with Gasteiger partial charge in [-0.25, -0.2) is 4.98 Å². The van der Waals surface area contributed by atoms with Gasteiger partial charge in [-0.3, -0.25) is 14.2 Å². The van der Waals surface area contributed by atoms with E-state index in [0.717, 1.165) is 5.75 Å². The quantitative estimate of drug-likeness (QED) is 0.353. The third kappa shape index (κ3) is 4.38. The molecule has 0 fully saturated rings. The first-order valence-corrected chi connectivity index (χ1v) is 11.3. The van der Waals surface area contributed by atoms with Gasteiger partial charge in [0.05, 0.1) is 25.6 Å². The summed E-state index contributed by atoms with van der Waals surface area (Å²) in [4.78, 5) is 35.3. The van der Waals surface area contributed by atoms with Crippen molar-refractivity contribution in [3.05, 3.63) is 70.9 Å². The minimum Gasteiger partial charge on any atom is -0.497 e. The summed E-state index contributed by atoms with van der Waals surface area (Å²) in [5.41, 5.74) is 1.73. The van der Waals surface area contributed by atoms with Crippen LogP contribution in [0, 0.1) is 6.92 Å². The van der Waals surface area contributed by atoms with Crippen LogP contribution in [0.25, 0.3) is 21.9 Å². The van der Waals surface area contributed by atoms with Crippen LogP contribution in [0.3, 0.4) is 0 Å². The number of hydrogen-bond donors (Lipinski definition) is 1. The first kappa shape index (κ1) is 23.1. The number of carbonyl (C=O) groups is 1. The van der Waals surface area contributed by atoms with Crippen molar-refractivity contribution >= 4 is 33.5 Å². The molecule has 11 heteroatoms. The molecule has 0 aliphatic rings. The SMILES string of the molecule is CCOc1ccc(NC(=O)Cn2c3ccc(OC)cc3c3ncn(Cc4nc(C)no4)c(=O)c32)cc1. The Hall–Kier alpha value is -4.67. The Balaban J connectivity index is 1.54. The molecule has 0 saturated heterocycles. The fourth-order valence-electron chi connectivity index (χ4n) is 4.08. The van der Waals surface area contributed by atoms with E-state index >= 15 is 0 Å². The number of anilines is 1. The van der Waals surface area contributed by atoms with Gasteiger partial charge in [0.2, 0.25) is 11.8 Å². The lowest BCUT2D eigenvalue weighted by atomic mass is 10.2. The molecule has 0 radical (unpaired) electrons. The predicted octanol–water partition coefficient (Wildman–Crippen LogP) is 3.14. The van der Waals surface area contributed by atoms with Crippen LogP contribution in [0.2, 0.25) is 0 Å². The van der Waals surface area contributed by atoms with Gasteiger partial charge in [0, 0.05) is 11.1 Å². The molecule has 0 aliphatic heterocycles. The molecule has 0 unspecified atom stereocenters. The number of benzene rings is 2. The van der Waals surface area contributed by atoms with Crippen molar-refractivity contribution in [2.75, 3.05) is 19.0 Å². The molecule has 1 N–H and O–H groups in total. The summed E-state index contributed by atoms with van der Waals surface area (Å²) in [6.07, 6.45) is 1.44. The number of rotatable bonds is 8. The second kappa shape index (κ2) is 9.53. The maximum absolute atomic E-state index is 13.6. The lowest BCUT2D eigenvalue weighted by Gasteiger charge is -2.10. The molecule has 0 aliphatic carbocycles. The first-order valence-electron chi connectivity index (χ1n) is 11.3. The highest BCUT2D eigenvalue weighted by molar-refractivity contribution is 6.07. The van der Waals surface area contributed by atoms with E-state index in [1.54, 1.807) is 55.0 Å². The van der Waals surface area contributed by atoms with Crippen molar-refractivity contribution in [3.63, 3.8) is 0 Å². The molecular weight excluding hydrogens is 464 g/mol. The monoisotopic (exact) mass is 488 g/mol. The van der Waals surface area contributed by atoms with Crippen LogP contribution in [0.4, 0.5) is 5.69 Å². The number of methoxy groups -OCH3 is 1. The van der Waals surface area contributed by atoms with Crippen molar-refractivity contribution in [3.8, 4) is 11.5 Å². The van der Waals surface area contributed by atoms with Crippen molar-refractivity contribution < 1.29 is 18.8 Å². The molecule has 36 heavy (non-hydrogen) atoms. The molecule has 0 atom stereocenters. The highest BCUT2D eigenvalue weighted by Gasteiger charge is 2.20. The van der Waals surface area contributed by atoms with Gasteiger partial charge < -0.3 is 23.9 Å². The Labute approximate surface area is 205 Å². The molecule has 0 bridgehead atoms. The van der Waals surface area contributed by atoms with E-state index in [0.29, 0.717) is 45.8 Å². The molecule has 5 rings (SSSR count). The minimum atomic E-state index is -0.333. The standard InChI is InChI=1S/C25H24N6O5/c1-4-35-17-7-5-16(6-8-17)28-21(32)12-31-20-10-9-18(34-3)11-19(20)23-24(31)25(33)30(14-26-23)13-22-27-15(2)29-36-22/h5-11,14H,4,12-13H2,1-3H3,(H,28,32). The molecule has 3 aromatic heterocycles. The molecule has 0 saturated carbocycles. The van der Waals surface area contributed by atoms with E-state index in [1.165, 1.54) is 10.9 Å². The zero-order chi connectivity index (χ0) is 25.2. The molecule has 0 spiro atoms. The van der Waals surface area contributed by atoms with Crippen LogP contribution in [-0.4, -0.2) is 43.9 Å². The molecule has 1 amide bonds. The largest absolute Gasteiger partial charge is 0.497 e. The number of fused-ring (bicyclic) bond motifs is 3. The first-order chi connectivity index (χ1) is 17.5. The molecular formula is C25H24N6O5. The maximum Gasteiger partial charge on any atom is 0.278 e. The summed E-state index contributed by atoms with van der Waals surface area (Å²) in [7, 11) is 1.57. The van der Waals surface area contributed by atoms with Gasteiger partial charge >= 0.3 is 0 Å². The van der Waals surface area contributed by atoms with Gasteiger partial charge in [-0.2, -0.15) is 4.98 Å². The van der Waals surface area contributed by atoms with Crippen LogP contribution in [0.5, 0.6) is 11.5 Å². The van der Waals surface area contributed by atoms with Gasteiger partial charge in [-0.1, -0.05) is 5.16 Å². The van der Waals surface area contributed by atoms with E-state index in [4.69, 9.17) is 14.0 Å². The topological polar surface area (TPSA) is 126 Å². The van der Waals surface area contributed by atoms with Crippen molar-refractivity contribution in [1.29, 1.82) is 0 Å². The molecule has 5 aromatic rings. The number of carbonyl (C=O) groups excluding carboxylic acids is 1. The van der Waals surface area contributed by atoms with Crippen LogP contribution in [0.15, 0.2) is 58.1 Å². The van der Waals surface area contributed by atoms with Crippen molar-refractivity contribution in [2.24, 2.45) is 0 Å². The van der Waals surface area contributed by atoms with Gasteiger partial charge in [-0.15, -0.1) is 0 Å². The highest BCUT2D eigenvalue weighted by atomic mass is 16.5. The van der Waals surface area contributed by atoms with E-state index in [1.807, 2.05) is 13.0 Å². The Morgan fingerprint density at radius 3 is 2.61 bits per heavy atom. The Kier molecular flexibility index (Phi) is 6.11. The number of amides is 1. The molecule has 3 heterocycles. The van der Waals surface area contributed by atoms with Gasteiger partial charge in [-0.05, 0) is 56.3 Å². The van der Waals surface area contributed by atoms with Crippen LogP contribution >= 0.6 is 0 Å². The Morgan fingerprint density at radius 1 is 1.14 bits per heavy atom. The Morgan fingerprint density at radius 2 is 1.92 bits per heavy atom. The number of aromatic nitrogens is 5. The zero-order valence-electron chi connectivity index (χ0n) is 20.0. The summed E-state index contributed by atoms with van der Waals surface area (Å²) in [5, 5.41) is 7.35. The molecule has 11 nitrogen and oxygen atoms in total. The van der Waals surface area contributed by atoms with E-state index in [9.17, 15) is 9.59 Å². The van der Waals surface area contributed by atoms with Crippen molar-refractivity contribution in [1.82, 2.24) is 24.3 Å². The summed E-state index contributed by atoms with van der Waals surface area (Å²) in [6.45, 7) is 4.13. The van der Waals surface area contributed by atoms with Gasteiger partial charge in [0.25, 0.3) is 5.56 Å². The van der Waals surface area contributed by atoms with Crippen LogP contribution < -0.4 is 20.3 Å². The fraction of sp³-hybridized carbons (Fsp3) is 0.240. The van der Waals surface area contributed by atoms with Crippen LogP contribution in [-0.2, 0) is 17.9 Å². The summed E-state index contributed by atoms with van der Waals surface area (Å²) in [5.74, 6) is 1.80. The number of nitrogens with zero attached hydrogens (tertiary/aromatic N) is 5. The average Bonchev–Trinajstić information content (AvgIpc) is 3.42. The molecule has 2 aromatic carbocycles. The maximum atomic E-state index is 13.6. The van der Waals surface area contributed by atoms with E-state index < -0.39 is 0 Å². The van der Waals surface area contributed by atoms with Crippen molar-refractivity contribution in [2.45, 2.75) is 26.9 Å². The number of nitrogens with one attached hydrogen (secondary N) is 1. The number of hydrogen-bond acceptors (Lipinski definition) is 8. The minimum absolute atomic E-state index is 0.0613. The molecule has 184 valence electrons. The average molecular weight is 489 g/mol. The lowest BCUT2D eigenvalue weighted by molar-refractivity contribution is -0.116. The zero-order valence-corrected chi connectivity index (χ0v) is 20.0. The Bertz CT molecular complexity index is 1620. The predicted molar refractivity (Wildman–Crippen MR) is 132 cm³/mol. The van der Waals surface area contributed by atoms with Gasteiger partial charge in [0.15, 0.2) is 5.82 Å². The second-order valence-corrected chi connectivity index (χ2v) is 8.08. The van der Waals surface area contributed by atoms with E-state index in [2.05, 4.69) is 20.4 Å². The third-order valence-electron chi connectivity index (χ3n) is 5.66. The number of aryl methyl sites for hydroxylation is 1. The van der Waals surface area contributed by atoms with Gasteiger partial charge in [0.1, 0.15) is 35.6 Å². The third-order valence-corrected chi connectivity index (χ3v) is 5.66. The summed E-state index contributed by atoms with van der Waals surface area (Å²) >= 11 is 0. The van der Waals surface area contributed by atoms with E-state index in [-0.39, 0.29) is 30.4 Å². The smallest absolute Gasteiger partial charge is 0.278 e. The highest BCUT2D eigenvalue weighted by Crippen LogP contribution is 2.29. The summed E-state index contributed by atoms with van der Waals surface area (Å²) in [6, 6.07) is 12.5. The summed E-state index contributed by atoms with van der Waals surface area (Å²) < 4.78 is 19.0.